The van der Waals surface area contributed by atoms with Crippen LogP contribution in [-0.2, 0) is 6.54 Å². The van der Waals surface area contributed by atoms with Crippen molar-refractivity contribution in [2.45, 2.75) is 31.8 Å². The number of halogens is 2. The number of rotatable bonds is 4. The van der Waals surface area contributed by atoms with Gasteiger partial charge in [0, 0.05) is 24.2 Å². The predicted molar refractivity (Wildman–Crippen MR) is 73.4 cm³/mol. The fraction of sp³-hybridized carbons (Fsp3) is 0.571. The van der Waals surface area contributed by atoms with Gasteiger partial charge in [0.15, 0.2) is 0 Å². The number of benzene rings is 1. The van der Waals surface area contributed by atoms with Gasteiger partial charge in [0.05, 0.1) is 0 Å². The quantitative estimate of drug-likeness (QED) is 0.905. The summed E-state index contributed by atoms with van der Waals surface area (Å²) in [6.07, 6.45) is 3.81. The van der Waals surface area contributed by atoms with Crippen molar-refractivity contribution in [2.75, 3.05) is 20.1 Å². The minimum atomic E-state index is -0.262. The molecule has 1 N–H and O–H groups in total. The topological polar surface area (TPSA) is 15.3 Å². The average molecular weight is 271 g/mol. The fourth-order valence-electron chi connectivity index (χ4n) is 2.53. The number of hydrogen-bond donors (Lipinski definition) is 1. The molecule has 1 saturated heterocycles. The highest BCUT2D eigenvalue weighted by Crippen LogP contribution is 2.16. The van der Waals surface area contributed by atoms with Gasteiger partial charge < -0.3 is 10.2 Å². The van der Waals surface area contributed by atoms with Gasteiger partial charge in [-0.3, -0.25) is 0 Å². The second-order valence-electron chi connectivity index (χ2n) is 5.12. The number of likely N-dealkylation sites (N-methyl/N-ethyl adjacent to an activating group) is 1. The molecule has 1 aliphatic rings. The van der Waals surface area contributed by atoms with Crippen LogP contribution in [0.3, 0.4) is 0 Å². The molecule has 1 unspecified atom stereocenters. The average Bonchev–Trinajstić information content (AvgIpc) is 2.28. The van der Waals surface area contributed by atoms with Gasteiger partial charge in [0.25, 0.3) is 0 Å². The first-order valence-corrected chi connectivity index (χ1v) is 6.88. The van der Waals surface area contributed by atoms with Crippen molar-refractivity contribution >= 4 is 11.6 Å². The molecule has 100 valence electrons. The molecule has 18 heavy (non-hydrogen) atoms. The van der Waals surface area contributed by atoms with Crippen LogP contribution >= 0.6 is 11.6 Å². The Labute approximate surface area is 113 Å². The van der Waals surface area contributed by atoms with Crippen molar-refractivity contribution in [3.63, 3.8) is 0 Å². The first-order chi connectivity index (χ1) is 8.63. The summed E-state index contributed by atoms with van der Waals surface area (Å²) in [4.78, 5) is 2.22. The van der Waals surface area contributed by atoms with E-state index in [0.29, 0.717) is 11.1 Å². The molecule has 0 spiro atoms. The molecule has 4 heteroatoms. The van der Waals surface area contributed by atoms with Crippen LogP contribution in [0.25, 0.3) is 0 Å². The van der Waals surface area contributed by atoms with E-state index >= 15 is 0 Å². The molecule has 1 fully saturated rings. The summed E-state index contributed by atoms with van der Waals surface area (Å²) in [5, 5.41) is 3.98. The first kappa shape index (κ1) is 13.8. The Morgan fingerprint density at radius 1 is 1.39 bits per heavy atom. The summed E-state index contributed by atoms with van der Waals surface area (Å²) in [7, 11) is 2.06. The summed E-state index contributed by atoms with van der Waals surface area (Å²) in [5.74, 6) is -0.262. The molecule has 0 saturated carbocycles. The predicted octanol–water partition coefficient (Wildman–Crippen LogP) is 3.05. The van der Waals surface area contributed by atoms with Crippen LogP contribution in [-0.4, -0.2) is 31.1 Å². The molecule has 0 aromatic heterocycles. The Hall–Kier alpha value is -0.640. The Balaban J connectivity index is 1.87. The smallest absolute Gasteiger partial charge is 0.125 e. The van der Waals surface area contributed by atoms with Gasteiger partial charge in [0.1, 0.15) is 5.82 Å². The summed E-state index contributed by atoms with van der Waals surface area (Å²) in [5.41, 5.74) is 0.929. The zero-order valence-electron chi connectivity index (χ0n) is 10.8. The van der Waals surface area contributed by atoms with E-state index in [1.807, 2.05) is 6.07 Å². The number of hydrogen-bond acceptors (Lipinski definition) is 2. The lowest BCUT2D eigenvalue weighted by Gasteiger charge is -2.28. The van der Waals surface area contributed by atoms with Crippen LogP contribution < -0.4 is 5.32 Å². The van der Waals surface area contributed by atoms with Crippen LogP contribution in [0.1, 0.15) is 24.8 Å². The second-order valence-corrected chi connectivity index (χ2v) is 5.56. The number of piperidine rings is 1. The van der Waals surface area contributed by atoms with Gasteiger partial charge in [0.2, 0.25) is 0 Å². The van der Waals surface area contributed by atoms with E-state index in [0.717, 1.165) is 25.2 Å². The molecule has 0 aliphatic carbocycles. The Bertz CT molecular complexity index is 371. The Morgan fingerprint density at radius 3 is 2.89 bits per heavy atom. The summed E-state index contributed by atoms with van der Waals surface area (Å²) in [6.45, 7) is 2.84. The molecular weight excluding hydrogens is 251 g/mol. The van der Waals surface area contributed by atoms with Crippen LogP contribution in [0.5, 0.6) is 0 Å². The molecule has 0 amide bonds. The molecule has 1 aromatic carbocycles. The Morgan fingerprint density at radius 2 is 2.22 bits per heavy atom. The third-order valence-electron chi connectivity index (χ3n) is 3.32. The number of nitrogens with zero attached hydrogens (tertiary/aromatic N) is 1. The Kier molecular flexibility index (Phi) is 4.98. The normalized spacial score (nSPS) is 20.3. The standard InChI is InChI=1S/C14H20ClFN2/c1-18(10-14-4-2-3-5-17-14)9-11-6-12(15)8-13(16)7-11/h6-8,14,17H,2-5,9-10H2,1H3. The third kappa shape index (κ3) is 4.23. The molecular formula is C14H20ClFN2. The maximum atomic E-state index is 13.2. The largest absolute Gasteiger partial charge is 0.313 e. The van der Waals surface area contributed by atoms with Crippen LogP contribution in [0.4, 0.5) is 4.39 Å². The SMILES string of the molecule is CN(Cc1cc(F)cc(Cl)c1)CC1CCCCN1. The van der Waals surface area contributed by atoms with Crippen molar-refractivity contribution < 1.29 is 4.39 Å². The fourth-order valence-corrected chi connectivity index (χ4v) is 2.78. The van der Waals surface area contributed by atoms with Crippen molar-refractivity contribution in [1.29, 1.82) is 0 Å². The molecule has 1 aromatic rings. The zero-order chi connectivity index (χ0) is 13.0. The molecule has 1 atom stereocenters. The summed E-state index contributed by atoms with van der Waals surface area (Å²) < 4.78 is 13.2. The van der Waals surface area contributed by atoms with Gasteiger partial charge in [-0.25, -0.2) is 4.39 Å². The van der Waals surface area contributed by atoms with Gasteiger partial charge >= 0.3 is 0 Å². The van der Waals surface area contributed by atoms with E-state index in [4.69, 9.17) is 11.6 Å². The van der Waals surface area contributed by atoms with E-state index in [-0.39, 0.29) is 5.82 Å². The molecule has 2 rings (SSSR count). The summed E-state index contributed by atoms with van der Waals surface area (Å²) in [6, 6.07) is 5.28. The lowest BCUT2D eigenvalue weighted by molar-refractivity contribution is 0.256. The highest BCUT2D eigenvalue weighted by Gasteiger charge is 2.14. The van der Waals surface area contributed by atoms with E-state index in [2.05, 4.69) is 17.3 Å². The molecule has 0 bridgehead atoms. The lowest BCUT2D eigenvalue weighted by Crippen LogP contribution is -2.42. The highest BCUT2D eigenvalue weighted by atomic mass is 35.5. The highest BCUT2D eigenvalue weighted by molar-refractivity contribution is 6.30. The van der Waals surface area contributed by atoms with Crippen LogP contribution in [0.2, 0.25) is 5.02 Å². The van der Waals surface area contributed by atoms with Crippen LogP contribution in [0.15, 0.2) is 18.2 Å². The maximum Gasteiger partial charge on any atom is 0.125 e. The molecule has 1 heterocycles. The van der Waals surface area contributed by atoms with Gasteiger partial charge in [-0.2, -0.15) is 0 Å². The number of nitrogens with one attached hydrogen (secondary N) is 1. The maximum absolute atomic E-state index is 13.2. The van der Waals surface area contributed by atoms with Crippen molar-refractivity contribution in [1.82, 2.24) is 10.2 Å². The second kappa shape index (κ2) is 6.50. The van der Waals surface area contributed by atoms with Crippen molar-refractivity contribution in [3.8, 4) is 0 Å². The minimum absolute atomic E-state index is 0.262. The van der Waals surface area contributed by atoms with E-state index in [1.165, 1.54) is 25.3 Å². The monoisotopic (exact) mass is 270 g/mol. The molecule has 2 nitrogen and oxygen atoms in total. The van der Waals surface area contributed by atoms with Crippen molar-refractivity contribution in [2.24, 2.45) is 0 Å². The molecule has 1 aliphatic heterocycles. The molecule has 0 radical (unpaired) electrons. The summed E-state index contributed by atoms with van der Waals surface area (Å²) >= 11 is 5.85. The van der Waals surface area contributed by atoms with Gasteiger partial charge in [-0.15, -0.1) is 0 Å². The zero-order valence-corrected chi connectivity index (χ0v) is 11.5. The lowest BCUT2D eigenvalue weighted by atomic mass is 10.0. The van der Waals surface area contributed by atoms with Crippen LogP contribution in [0, 0.1) is 5.82 Å². The first-order valence-electron chi connectivity index (χ1n) is 6.50. The van der Waals surface area contributed by atoms with E-state index in [1.54, 1.807) is 6.07 Å². The van der Waals surface area contributed by atoms with Gasteiger partial charge in [-0.1, -0.05) is 18.0 Å². The van der Waals surface area contributed by atoms with E-state index < -0.39 is 0 Å². The van der Waals surface area contributed by atoms with Crippen molar-refractivity contribution in [3.05, 3.63) is 34.6 Å². The third-order valence-corrected chi connectivity index (χ3v) is 3.54. The minimum Gasteiger partial charge on any atom is -0.313 e. The van der Waals surface area contributed by atoms with E-state index in [9.17, 15) is 4.39 Å². The van der Waals surface area contributed by atoms with Gasteiger partial charge in [-0.05, 0) is 50.2 Å².